The van der Waals surface area contributed by atoms with Gasteiger partial charge < -0.3 is 0 Å². The van der Waals surface area contributed by atoms with Crippen molar-refractivity contribution in [3.8, 4) is 12.3 Å². The molecule has 0 aromatic heterocycles. The van der Waals surface area contributed by atoms with Crippen LogP contribution in [0.1, 0.15) is 26.7 Å². The molecule has 0 rings (SSSR count). The molecule has 0 nitrogen and oxygen atoms in total. The molecule has 0 spiro atoms. The second-order valence-corrected chi connectivity index (χ2v) is 2.14. The average molecular weight is 177 g/mol. The van der Waals surface area contributed by atoms with Crippen molar-refractivity contribution in [2.45, 2.75) is 26.7 Å². The average Bonchev–Trinajstić information content (AvgIpc) is 1.61. The van der Waals surface area contributed by atoms with Gasteiger partial charge in [-0.25, -0.2) is 0 Å². The van der Waals surface area contributed by atoms with Gasteiger partial charge in [0.05, 0.1) is 0 Å². The van der Waals surface area contributed by atoms with Crippen LogP contribution in [0.2, 0.25) is 0 Å². The minimum absolute atomic E-state index is 0. The van der Waals surface area contributed by atoms with Gasteiger partial charge >= 0.3 is 0 Å². The lowest BCUT2D eigenvalue weighted by molar-refractivity contribution is 0.600. The second kappa shape index (κ2) is 7.04. The Bertz CT molecular complexity index is 68.9. The van der Waals surface area contributed by atoms with Gasteiger partial charge in [-0.1, -0.05) is 13.8 Å². The van der Waals surface area contributed by atoms with Crippen LogP contribution in [0.25, 0.3) is 0 Å². The van der Waals surface area contributed by atoms with Crippen molar-refractivity contribution in [3.63, 3.8) is 0 Å². The van der Waals surface area contributed by atoms with E-state index in [2.05, 4.69) is 19.8 Å². The van der Waals surface area contributed by atoms with Gasteiger partial charge in [-0.15, -0.1) is 29.3 Å². The first kappa shape index (κ1) is 10.9. The molecule has 0 bridgehead atoms. The van der Waals surface area contributed by atoms with Crippen LogP contribution < -0.4 is 0 Å². The van der Waals surface area contributed by atoms with E-state index in [4.69, 9.17) is 6.42 Å². The van der Waals surface area contributed by atoms with Gasteiger partial charge in [0, 0.05) is 6.42 Å². The lowest BCUT2D eigenvalue weighted by atomic mass is 10.1. The van der Waals surface area contributed by atoms with Crippen molar-refractivity contribution >= 4 is 17.0 Å². The highest BCUT2D eigenvalue weighted by Crippen LogP contribution is 2.00. The highest BCUT2D eigenvalue weighted by molar-refractivity contribution is 8.93. The minimum Gasteiger partial charge on any atom is -0.120 e. The molecule has 0 unspecified atom stereocenters. The molecule has 0 aromatic carbocycles. The van der Waals surface area contributed by atoms with Gasteiger partial charge in [0.1, 0.15) is 0 Å². The van der Waals surface area contributed by atoms with Crippen LogP contribution in [0, 0.1) is 18.3 Å². The Hall–Kier alpha value is 0.0400. The van der Waals surface area contributed by atoms with Crippen LogP contribution in [-0.2, 0) is 0 Å². The molecule has 0 N–H and O–H groups in total. The van der Waals surface area contributed by atoms with E-state index in [1.54, 1.807) is 0 Å². The van der Waals surface area contributed by atoms with Crippen molar-refractivity contribution in [1.29, 1.82) is 0 Å². The molecule has 0 aliphatic rings. The van der Waals surface area contributed by atoms with Gasteiger partial charge in [-0.3, -0.25) is 0 Å². The summed E-state index contributed by atoms with van der Waals surface area (Å²) in [7, 11) is 0. The zero-order valence-corrected chi connectivity index (χ0v) is 7.19. The van der Waals surface area contributed by atoms with Crippen LogP contribution in [-0.4, -0.2) is 0 Å². The molecule has 0 saturated carbocycles. The Kier molecular flexibility index (Phi) is 9.61. The molecule has 0 aromatic rings. The molecule has 0 amide bonds. The van der Waals surface area contributed by atoms with Crippen LogP contribution in [0.5, 0.6) is 0 Å². The maximum absolute atomic E-state index is 5.03. The van der Waals surface area contributed by atoms with Crippen molar-refractivity contribution in [2.75, 3.05) is 0 Å². The molecule has 0 heterocycles. The van der Waals surface area contributed by atoms with E-state index in [-0.39, 0.29) is 17.0 Å². The van der Waals surface area contributed by atoms with E-state index in [1.807, 2.05) is 0 Å². The predicted octanol–water partition coefficient (Wildman–Crippen LogP) is 2.63. The zero-order valence-electron chi connectivity index (χ0n) is 5.48. The summed E-state index contributed by atoms with van der Waals surface area (Å²) in [6, 6.07) is 0. The SMILES string of the molecule is Br.C#CCCC(C)C. The monoisotopic (exact) mass is 176 g/mol. The first-order valence-electron chi connectivity index (χ1n) is 2.71. The molecule has 0 aliphatic heterocycles. The molecule has 1 heteroatoms. The van der Waals surface area contributed by atoms with Crippen LogP contribution >= 0.6 is 17.0 Å². The maximum atomic E-state index is 5.03. The van der Waals surface area contributed by atoms with Crippen molar-refractivity contribution in [3.05, 3.63) is 0 Å². The standard InChI is InChI=1S/C7H12.BrH/c1-4-5-6-7(2)3;/h1,7H,5-6H2,2-3H3;1H. The maximum Gasteiger partial charge on any atom is 0.00884 e. The van der Waals surface area contributed by atoms with Crippen LogP contribution in [0.4, 0.5) is 0 Å². The Balaban J connectivity index is 0. The van der Waals surface area contributed by atoms with E-state index >= 15 is 0 Å². The summed E-state index contributed by atoms with van der Waals surface area (Å²) in [4.78, 5) is 0. The lowest BCUT2D eigenvalue weighted by Gasteiger charge is -1.95. The molecular weight excluding hydrogens is 164 g/mol. The Morgan fingerprint density at radius 3 is 2.12 bits per heavy atom. The van der Waals surface area contributed by atoms with Crippen molar-refractivity contribution in [1.82, 2.24) is 0 Å². The summed E-state index contributed by atoms with van der Waals surface area (Å²) in [5.41, 5.74) is 0. The van der Waals surface area contributed by atoms with Gasteiger partial charge in [0.2, 0.25) is 0 Å². The van der Waals surface area contributed by atoms with Crippen molar-refractivity contribution in [2.24, 2.45) is 5.92 Å². The van der Waals surface area contributed by atoms with E-state index in [0.717, 1.165) is 18.8 Å². The summed E-state index contributed by atoms with van der Waals surface area (Å²) in [6.07, 6.45) is 7.12. The molecular formula is C7H13Br. The number of halogens is 1. The second-order valence-electron chi connectivity index (χ2n) is 2.14. The summed E-state index contributed by atoms with van der Waals surface area (Å²) in [6.45, 7) is 4.36. The summed E-state index contributed by atoms with van der Waals surface area (Å²) < 4.78 is 0. The summed E-state index contributed by atoms with van der Waals surface area (Å²) in [5.74, 6) is 3.36. The molecule has 0 radical (unpaired) electrons. The zero-order chi connectivity index (χ0) is 5.70. The van der Waals surface area contributed by atoms with Gasteiger partial charge in [-0.05, 0) is 12.3 Å². The van der Waals surface area contributed by atoms with Gasteiger partial charge in [0.25, 0.3) is 0 Å². The number of hydrogen-bond donors (Lipinski definition) is 0. The van der Waals surface area contributed by atoms with Crippen LogP contribution in [0.15, 0.2) is 0 Å². The first-order chi connectivity index (χ1) is 3.27. The molecule has 48 valence electrons. The van der Waals surface area contributed by atoms with Gasteiger partial charge in [-0.2, -0.15) is 0 Å². The van der Waals surface area contributed by atoms with E-state index in [1.165, 1.54) is 0 Å². The molecule has 0 aliphatic carbocycles. The Labute approximate surface area is 62.4 Å². The molecule has 0 saturated heterocycles. The van der Waals surface area contributed by atoms with Gasteiger partial charge in [0.15, 0.2) is 0 Å². The first-order valence-corrected chi connectivity index (χ1v) is 2.71. The third-order valence-electron chi connectivity index (χ3n) is 0.866. The minimum atomic E-state index is 0. The van der Waals surface area contributed by atoms with Crippen molar-refractivity contribution < 1.29 is 0 Å². The summed E-state index contributed by atoms with van der Waals surface area (Å²) >= 11 is 0. The van der Waals surface area contributed by atoms with E-state index in [9.17, 15) is 0 Å². The normalized spacial score (nSPS) is 7.75. The fraction of sp³-hybridized carbons (Fsp3) is 0.714. The largest absolute Gasteiger partial charge is 0.120 e. The number of rotatable bonds is 2. The number of terminal acetylenes is 1. The smallest absolute Gasteiger partial charge is 0.00884 e. The Morgan fingerprint density at radius 2 is 2.00 bits per heavy atom. The third-order valence-corrected chi connectivity index (χ3v) is 0.866. The number of hydrogen-bond acceptors (Lipinski definition) is 0. The highest BCUT2D eigenvalue weighted by Gasteiger charge is 1.87. The fourth-order valence-corrected chi connectivity index (χ4v) is 0.372. The summed E-state index contributed by atoms with van der Waals surface area (Å²) in [5, 5.41) is 0. The van der Waals surface area contributed by atoms with E-state index < -0.39 is 0 Å². The lowest BCUT2D eigenvalue weighted by Crippen LogP contribution is -1.82. The Morgan fingerprint density at radius 1 is 1.50 bits per heavy atom. The fourth-order valence-electron chi connectivity index (χ4n) is 0.372. The predicted molar refractivity (Wildman–Crippen MR) is 43.2 cm³/mol. The third kappa shape index (κ3) is 9.40. The molecule has 0 atom stereocenters. The molecule has 8 heavy (non-hydrogen) atoms. The van der Waals surface area contributed by atoms with Crippen LogP contribution in [0.3, 0.4) is 0 Å². The quantitative estimate of drug-likeness (QED) is 0.568. The highest BCUT2D eigenvalue weighted by atomic mass is 79.9. The topological polar surface area (TPSA) is 0 Å². The van der Waals surface area contributed by atoms with E-state index in [0.29, 0.717) is 0 Å². The molecule has 0 fully saturated rings.